The number of rotatable bonds is 63. The number of unbranched alkanes of at least 4 members (excludes halogenated alkanes) is 42. The Balaban J connectivity index is 4.11. The standard InChI is InChI=1S/C72H130O6/c1-4-7-10-13-16-19-22-24-26-28-30-31-32-33-34-35-36-37-38-39-40-41-43-44-46-48-50-53-56-59-62-65-71(74)77-68-69(67-76-70(73)64-61-58-55-52-21-18-15-12-9-6-3)78-72(75)66-63-60-57-54-51-49-47-45-42-29-27-25-23-20-17-14-11-8-5-2/h12,15,17,20,22,24-25,27-28,30,69H,4-11,13-14,16,18-19,21,23,26,29,31-68H2,1-3H3/b15-12-,20-17-,24-22-,27-25-,30-28-. The molecule has 0 aliphatic rings. The van der Waals surface area contributed by atoms with E-state index in [2.05, 4.69) is 81.5 Å². The van der Waals surface area contributed by atoms with Crippen molar-refractivity contribution in [3.05, 3.63) is 60.8 Å². The van der Waals surface area contributed by atoms with Crippen molar-refractivity contribution in [1.29, 1.82) is 0 Å². The Bertz CT molecular complexity index is 1390. The maximum atomic E-state index is 12.9. The number of hydrogen-bond donors (Lipinski definition) is 0. The molecule has 6 heteroatoms. The Kier molecular flexibility index (Phi) is 64.2. The highest BCUT2D eigenvalue weighted by Gasteiger charge is 2.19. The van der Waals surface area contributed by atoms with Crippen LogP contribution in [0.1, 0.15) is 361 Å². The number of allylic oxidation sites excluding steroid dienone is 10. The molecule has 6 nitrogen and oxygen atoms in total. The van der Waals surface area contributed by atoms with Gasteiger partial charge in [-0.1, -0.05) is 300 Å². The van der Waals surface area contributed by atoms with Gasteiger partial charge in [0.2, 0.25) is 0 Å². The fourth-order valence-electron chi connectivity index (χ4n) is 10.0. The van der Waals surface area contributed by atoms with Gasteiger partial charge in [-0.2, -0.15) is 0 Å². The van der Waals surface area contributed by atoms with Crippen molar-refractivity contribution in [2.45, 2.75) is 367 Å². The van der Waals surface area contributed by atoms with E-state index < -0.39 is 6.10 Å². The molecule has 0 heterocycles. The molecule has 0 aromatic rings. The number of carbonyl (C=O) groups is 3. The van der Waals surface area contributed by atoms with Crippen molar-refractivity contribution in [2.24, 2.45) is 0 Å². The van der Waals surface area contributed by atoms with E-state index in [0.29, 0.717) is 19.3 Å². The lowest BCUT2D eigenvalue weighted by Gasteiger charge is -2.18. The van der Waals surface area contributed by atoms with Crippen LogP contribution in [-0.2, 0) is 28.6 Å². The van der Waals surface area contributed by atoms with E-state index in [9.17, 15) is 14.4 Å². The molecule has 0 saturated carbocycles. The average Bonchev–Trinajstić information content (AvgIpc) is 3.44. The predicted molar refractivity (Wildman–Crippen MR) is 339 cm³/mol. The summed E-state index contributed by atoms with van der Waals surface area (Å²) >= 11 is 0. The molecular formula is C72H130O6. The second kappa shape index (κ2) is 66.6. The quantitative estimate of drug-likeness (QED) is 0.0261. The predicted octanol–water partition coefficient (Wildman–Crippen LogP) is 23.5. The summed E-state index contributed by atoms with van der Waals surface area (Å²) < 4.78 is 16.9. The monoisotopic (exact) mass is 1090 g/mol. The summed E-state index contributed by atoms with van der Waals surface area (Å²) in [6.45, 7) is 6.58. The topological polar surface area (TPSA) is 78.9 Å². The van der Waals surface area contributed by atoms with Crippen LogP contribution in [0.3, 0.4) is 0 Å². The van der Waals surface area contributed by atoms with Gasteiger partial charge in [0.25, 0.3) is 0 Å². The highest BCUT2D eigenvalue weighted by Crippen LogP contribution is 2.18. The van der Waals surface area contributed by atoms with Crippen molar-refractivity contribution in [3.8, 4) is 0 Å². The minimum absolute atomic E-state index is 0.0752. The molecule has 1 unspecified atom stereocenters. The second-order valence-corrected chi connectivity index (χ2v) is 23.1. The van der Waals surface area contributed by atoms with Gasteiger partial charge in [-0.15, -0.1) is 0 Å². The van der Waals surface area contributed by atoms with Gasteiger partial charge in [-0.25, -0.2) is 0 Å². The zero-order valence-corrected chi connectivity index (χ0v) is 52.2. The number of esters is 3. The van der Waals surface area contributed by atoms with E-state index in [4.69, 9.17) is 14.2 Å². The van der Waals surface area contributed by atoms with Gasteiger partial charge in [-0.05, 0) is 103 Å². The molecule has 0 N–H and O–H groups in total. The summed E-state index contributed by atoms with van der Waals surface area (Å²) in [5.41, 5.74) is 0. The Labute approximate surface area is 485 Å². The Morgan fingerprint density at radius 2 is 0.487 bits per heavy atom. The molecule has 0 saturated heterocycles. The van der Waals surface area contributed by atoms with E-state index in [-0.39, 0.29) is 31.1 Å². The summed E-state index contributed by atoms with van der Waals surface area (Å²) in [7, 11) is 0. The van der Waals surface area contributed by atoms with Gasteiger partial charge in [0.05, 0.1) is 0 Å². The molecular weight excluding hydrogens is 961 g/mol. The lowest BCUT2D eigenvalue weighted by molar-refractivity contribution is -0.167. The minimum atomic E-state index is -0.778. The van der Waals surface area contributed by atoms with Crippen LogP contribution in [0.15, 0.2) is 60.8 Å². The highest BCUT2D eigenvalue weighted by atomic mass is 16.6. The van der Waals surface area contributed by atoms with Crippen molar-refractivity contribution in [1.82, 2.24) is 0 Å². The summed E-state index contributed by atoms with van der Waals surface area (Å²) in [4.78, 5) is 38.3. The zero-order chi connectivity index (χ0) is 56.4. The van der Waals surface area contributed by atoms with Crippen LogP contribution in [-0.4, -0.2) is 37.2 Å². The van der Waals surface area contributed by atoms with Crippen LogP contribution in [0.25, 0.3) is 0 Å². The largest absolute Gasteiger partial charge is 0.462 e. The van der Waals surface area contributed by atoms with Gasteiger partial charge in [0.1, 0.15) is 13.2 Å². The first-order valence-corrected chi connectivity index (χ1v) is 34.3. The van der Waals surface area contributed by atoms with Crippen LogP contribution in [0, 0.1) is 0 Å². The summed E-state index contributed by atoms with van der Waals surface area (Å²) in [6.07, 6.45) is 85.5. The molecule has 0 rings (SSSR count). The summed E-state index contributed by atoms with van der Waals surface area (Å²) in [6, 6.07) is 0. The molecule has 0 bridgehead atoms. The van der Waals surface area contributed by atoms with Gasteiger partial charge < -0.3 is 14.2 Å². The van der Waals surface area contributed by atoms with Gasteiger partial charge in [-0.3, -0.25) is 14.4 Å². The maximum absolute atomic E-state index is 12.9. The fourth-order valence-corrected chi connectivity index (χ4v) is 10.0. The van der Waals surface area contributed by atoms with E-state index in [1.807, 2.05) is 0 Å². The maximum Gasteiger partial charge on any atom is 0.306 e. The first kappa shape index (κ1) is 75.1. The van der Waals surface area contributed by atoms with Crippen molar-refractivity contribution in [3.63, 3.8) is 0 Å². The lowest BCUT2D eigenvalue weighted by atomic mass is 10.0. The fraction of sp³-hybridized carbons (Fsp3) is 0.819. The highest BCUT2D eigenvalue weighted by molar-refractivity contribution is 5.71. The molecule has 0 aliphatic carbocycles. The Morgan fingerprint density at radius 1 is 0.256 bits per heavy atom. The van der Waals surface area contributed by atoms with Crippen LogP contribution >= 0.6 is 0 Å². The third-order valence-corrected chi connectivity index (χ3v) is 15.2. The summed E-state index contributed by atoms with van der Waals surface area (Å²) in [5, 5.41) is 0. The SMILES string of the molecule is CCC/C=C\CCCCCCCC(=O)OCC(COC(=O)CCCCCCCCCCCCCCCCCCCCC/C=C\C/C=C\CCCCCCC)OC(=O)CCCCCCCCCCC/C=C\C/C=C\CCCCC. The van der Waals surface area contributed by atoms with E-state index in [0.717, 1.165) is 83.5 Å². The molecule has 0 spiro atoms. The first-order valence-electron chi connectivity index (χ1n) is 34.3. The lowest BCUT2D eigenvalue weighted by Crippen LogP contribution is -2.30. The van der Waals surface area contributed by atoms with E-state index in [1.165, 1.54) is 238 Å². The third-order valence-electron chi connectivity index (χ3n) is 15.2. The molecule has 1 atom stereocenters. The van der Waals surface area contributed by atoms with Gasteiger partial charge >= 0.3 is 17.9 Å². The number of ether oxygens (including phenoxy) is 3. The molecule has 78 heavy (non-hydrogen) atoms. The van der Waals surface area contributed by atoms with Crippen molar-refractivity contribution < 1.29 is 28.6 Å². The Hall–Kier alpha value is -2.89. The molecule has 0 aliphatic heterocycles. The summed E-state index contributed by atoms with van der Waals surface area (Å²) in [5.74, 6) is -0.872. The molecule has 0 fully saturated rings. The number of hydrogen-bond acceptors (Lipinski definition) is 6. The van der Waals surface area contributed by atoms with Crippen LogP contribution in [0.4, 0.5) is 0 Å². The Morgan fingerprint density at radius 3 is 0.795 bits per heavy atom. The van der Waals surface area contributed by atoms with Gasteiger partial charge in [0, 0.05) is 19.3 Å². The van der Waals surface area contributed by atoms with Gasteiger partial charge in [0.15, 0.2) is 6.10 Å². The second-order valence-electron chi connectivity index (χ2n) is 23.1. The van der Waals surface area contributed by atoms with Crippen LogP contribution in [0.5, 0.6) is 0 Å². The molecule has 0 radical (unpaired) electrons. The van der Waals surface area contributed by atoms with Crippen LogP contribution in [0.2, 0.25) is 0 Å². The number of carbonyl (C=O) groups excluding carboxylic acids is 3. The third kappa shape index (κ3) is 63.9. The first-order chi connectivity index (χ1) is 38.5. The van der Waals surface area contributed by atoms with E-state index in [1.54, 1.807) is 0 Å². The van der Waals surface area contributed by atoms with E-state index >= 15 is 0 Å². The minimum Gasteiger partial charge on any atom is -0.462 e. The molecule has 0 aromatic heterocycles. The normalized spacial score (nSPS) is 12.4. The van der Waals surface area contributed by atoms with Crippen molar-refractivity contribution in [2.75, 3.05) is 13.2 Å². The van der Waals surface area contributed by atoms with Crippen LogP contribution < -0.4 is 0 Å². The van der Waals surface area contributed by atoms with Crippen molar-refractivity contribution >= 4 is 17.9 Å². The molecule has 0 aromatic carbocycles. The molecule has 454 valence electrons. The zero-order valence-electron chi connectivity index (χ0n) is 52.2. The smallest absolute Gasteiger partial charge is 0.306 e. The average molecular weight is 1090 g/mol. The molecule has 0 amide bonds.